The van der Waals surface area contributed by atoms with Crippen molar-refractivity contribution in [3.05, 3.63) is 29.3 Å². The normalized spacial score (nSPS) is 18.4. The van der Waals surface area contributed by atoms with Crippen LogP contribution in [0.3, 0.4) is 0 Å². The predicted octanol–water partition coefficient (Wildman–Crippen LogP) is 1.67. The van der Waals surface area contributed by atoms with Crippen molar-refractivity contribution in [2.24, 2.45) is 5.73 Å². The first-order valence-electron chi connectivity index (χ1n) is 6.20. The molecule has 18 heavy (non-hydrogen) atoms. The number of nitrogens with one attached hydrogen (secondary N) is 1. The van der Waals surface area contributed by atoms with Crippen molar-refractivity contribution in [2.75, 3.05) is 0 Å². The van der Waals surface area contributed by atoms with Gasteiger partial charge >= 0.3 is 0 Å². The minimum Gasteiger partial charge on any atom is -0.326 e. The molecule has 0 bridgehead atoms. The third-order valence-corrected chi connectivity index (χ3v) is 5.32. The van der Waals surface area contributed by atoms with E-state index in [1.165, 1.54) is 0 Å². The summed E-state index contributed by atoms with van der Waals surface area (Å²) < 4.78 is 27.3. The third kappa shape index (κ3) is 2.58. The van der Waals surface area contributed by atoms with E-state index >= 15 is 0 Å². The minimum atomic E-state index is -3.43. The van der Waals surface area contributed by atoms with Crippen LogP contribution in [0.5, 0.6) is 0 Å². The summed E-state index contributed by atoms with van der Waals surface area (Å²) in [6, 6.07) is 5.11. The summed E-state index contributed by atoms with van der Waals surface area (Å²) in [7, 11) is -3.43. The van der Waals surface area contributed by atoms with Crippen LogP contribution in [0.2, 0.25) is 0 Å². The number of benzene rings is 1. The van der Waals surface area contributed by atoms with E-state index in [2.05, 4.69) is 4.72 Å². The lowest BCUT2D eigenvalue weighted by atomic mass is 9.80. The zero-order valence-electron chi connectivity index (χ0n) is 10.9. The Morgan fingerprint density at radius 3 is 2.56 bits per heavy atom. The summed E-state index contributed by atoms with van der Waals surface area (Å²) >= 11 is 0. The Hall–Kier alpha value is -0.910. The SMILES string of the molecule is Cc1ccc(S(=O)(=O)NC2(C)CCC2)cc1CN. The molecule has 0 atom stereocenters. The lowest BCUT2D eigenvalue weighted by Gasteiger charge is -2.38. The average Bonchev–Trinajstić information content (AvgIpc) is 2.26. The number of sulfonamides is 1. The third-order valence-electron chi connectivity index (χ3n) is 3.69. The van der Waals surface area contributed by atoms with E-state index in [1.807, 2.05) is 13.8 Å². The second kappa shape index (κ2) is 4.64. The van der Waals surface area contributed by atoms with Crippen LogP contribution in [0.4, 0.5) is 0 Å². The highest BCUT2D eigenvalue weighted by Gasteiger charge is 2.36. The van der Waals surface area contributed by atoms with Crippen molar-refractivity contribution in [2.45, 2.75) is 50.1 Å². The monoisotopic (exact) mass is 268 g/mol. The fourth-order valence-corrected chi connectivity index (χ4v) is 3.74. The molecule has 0 radical (unpaired) electrons. The molecular weight excluding hydrogens is 248 g/mol. The quantitative estimate of drug-likeness (QED) is 0.872. The number of hydrogen-bond donors (Lipinski definition) is 2. The van der Waals surface area contributed by atoms with E-state index < -0.39 is 10.0 Å². The Bertz CT molecular complexity index is 548. The van der Waals surface area contributed by atoms with Crippen LogP contribution in [-0.2, 0) is 16.6 Å². The van der Waals surface area contributed by atoms with Crippen molar-refractivity contribution in [3.63, 3.8) is 0 Å². The Morgan fingerprint density at radius 2 is 2.06 bits per heavy atom. The molecule has 1 aliphatic rings. The lowest BCUT2D eigenvalue weighted by molar-refractivity contribution is 0.248. The van der Waals surface area contributed by atoms with Crippen LogP contribution in [-0.4, -0.2) is 14.0 Å². The maximum absolute atomic E-state index is 12.3. The summed E-state index contributed by atoms with van der Waals surface area (Å²) in [5.41, 5.74) is 7.23. The molecule has 2 rings (SSSR count). The van der Waals surface area contributed by atoms with Crippen molar-refractivity contribution in [1.29, 1.82) is 0 Å². The molecule has 0 aliphatic heterocycles. The van der Waals surface area contributed by atoms with E-state index in [9.17, 15) is 8.42 Å². The maximum atomic E-state index is 12.3. The van der Waals surface area contributed by atoms with Gasteiger partial charge in [-0.05, 0) is 56.4 Å². The molecule has 0 unspecified atom stereocenters. The molecule has 1 aromatic carbocycles. The van der Waals surface area contributed by atoms with Crippen LogP contribution >= 0.6 is 0 Å². The molecular formula is C13H20N2O2S. The van der Waals surface area contributed by atoms with Crippen molar-refractivity contribution in [1.82, 2.24) is 4.72 Å². The van der Waals surface area contributed by atoms with Crippen molar-refractivity contribution >= 4 is 10.0 Å². The fourth-order valence-electron chi connectivity index (χ4n) is 2.23. The van der Waals surface area contributed by atoms with Gasteiger partial charge in [-0.1, -0.05) is 6.07 Å². The van der Waals surface area contributed by atoms with Crippen LogP contribution in [0.1, 0.15) is 37.3 Å². The standard InChI is InChI=1S/C13H20N2O2S/c1-10-4-5-12(8-11(10)9-14)18(16,17)15-13(2)6-3-7-13/h4-5,8,15H,3,6-7,9,14H2,1-2H3. The Balaban J connectivity index is 2.29. The van der Waals surface area contributed by atoms with Crippen LogP contribution < -0.4 is 10.5 Å². The van der Waals surface area contributed by atoms with Gasteiger partial charge in [0, 0.05) is 12.1 Å². The molecule has 0 heterocycles. The molecule has 1 saturated carbocycles. The summed E-state index contributed by atoms with van der Waals surface area (Å²) in [6.07, 6.45) is 2.89. The molecule has 0 saturated heterocycles. The Kier molecular flexibility index (Phi) is 3.49. The summed E-state index contributed by atoms with van der Waals surface area (Å²) in [5.74, 6) is 0. The summed E-state index contributed by atoms with van der Waals surface area (Å²) in [6.45, 7) is 4.23. The van der Waals surface area contributed by atoms with Gasteiger partial charge in [-0.15, -0.1) is 0 Å². The van der Waals surface area contributed by atoms with E-state index in [0.717, 1.165) is 30.4 Å². The smallest absolute Gasteiger partial charge is 0.241 e. The van der Waals surface area contributed by atoms with Gasteiger partial charge in [-0.25, -0.2) is 13.1 Å². The van der Waals surface area contributed by atoms with Gasteiger partial charge in [0.05, 0.1) is 4.90 Å². The molecule has 4 nitrogen and oxygen atoms in total. The molecule has 1 aromatic rings. The van der Waals surface area contributed by atoms with Gasteiger partial charge in [0.25, 0.3) is 0 Å². The van der Waals surface area contributed by atoms with Crippen molar-refractivity contribution in [3.8, 4) is 0 Å². The molecule has 0 amide bonds. The largest absolute Gasteiger partial charge is 0.326 e. The van der Waals surface area contributed by atoms with Gasteiger partial charge in [-0.3, -0.25) is 0 Å². The Morgan fingerprint density at radius 1 is 1.39 bits per heavy atom. The second-order valence-electron chi connectivity index (χ2n) is 5.31. The van der Waals surface area contributed by atoms with Gasteiger partial charge in [0.2, 0.25) is 10.0 Å². The molecule has 1 fully saturated rings. The first kappa shape index (κ1) is 13.5. The first-order valence-corrected chi connectivity index (χ1v) is 7.68. The fraction of sp³-hybridized carbons (Fsp3) is 0.538. The number of nitrogens with two attached hydrogens (primary N) is 1. The molecule has 3 N–H and O–H groups in total. The first-order chi connectivity index (χ1) is 8.36. The molecule has 5 heteroatoms. The van der Waals surface area contributed by atoms with Crippen LogP contribution in [0, 0.1) is 6.92 Å². The van der Waals surface area contributed by atoms with Gasteiger partial charge in [0.15, 0.2) is 0 Å². The highest BCUT2D eigenvalue weighted by Crippen LogP contribution is 2.32. The lowest BCUT2D eigenvalue weighted by Crippen LogP contribution is -2.50. The topological polar surface area (TPSA) is 72.2 Å². The van der Waals surface area contributed by atoms with Crippen LogP contribution in [0.15, 0.2) is 23.1 Å². The Labute approximate surface area is 109 Å². The number of rotatable bonds is 4. The van der Waals surface area contributed by atoms with E-state index in [4.69, 9.17) is 5.73 Å². The second-order valence-corrected chi connectivity index (χ2v) is 6.99. The van der Waals surface area contributed by atoms with E-state index in [-0.39, 0.29) is 5.54 Å². The molecule has 1 aliphatic carbocycles. The van der Waals surface area contributed by atoms with E-state index in [1.54, 1.807) is 18.2 Å². The highest BCUT2D eigenvalue weighted by molar-refractivity contribution is 7.89. The number of hydrogen-bond acceptors (Lipinski definition) is 3. The molecule has 100 valence electrons. The van der Waals surface area contributed by atoms with E-state index in [0.29, 0.717) is 11.4 Å². The van der Waals surface area contributed by atoms with Crippen molar-refractivity contribution < 1.29 is 8.42 Å². The molecule has 0 spiro atoms. The zero-order chi connectivity index (χ0) is 13.4. The number of aryl methyl sites for hydroxylation is 1. The van der Waals surface area contributed by atoms with Gasteiger partial charge in [0.1, 0.15) is 0 Å². The molecule has 0 aromatic heterocycles. The minimum absolute atomic E-state index is 0.271. The van der Waals surface area contributed by atoms with Gasteiger partial charge in [-0.2, -0.15) is 0 Å². The van der Waals surface area contributed by atoms with Crippen LogP contribution in [0.25, 0.3) is 0 Å². The highest BCUT2D eigenvalue weighted by atomic mass is 32.2. The zero-order valence-corrected chi connectivity index (χ0v) is 11.7. The van der Waals surface area contributed by atoms with Gasteiger partial charge < -0.3 is 5.73 Å². The summed E-state index contributed by atoms with van der Waals surface area (Å²) in [4.78, 5) is 0.307. The maximum Gasteiger partial charge on any atom is 0.241 e. The summed E-state index contributed by atoms with van der Waals surface area (Å²) in [5, 5.41) is 0. The average molecular weight is 268 g/mol. The predicted molar refractivity (Wildman–Crippen MR) is 71.6 cm³/mol.